The van der Waals surface area contributed by atoms with Gasteiger partial charge in [-0.1, -0.05) is 38.3 Å². The van der Waals surface area contributed by atoms with Crippen molar-refractivity contribution in [2.24, 2.45) is 0 Å². The first-order valence-corrected chi connectivity index (χ1v) is 7.66. The molecule has 0 aliphatic heterocycles. The quantitative estimate of drug-likeness (QED) is 0.744. The molecule has 1 aliphatic rings. The van der Waals surface area contributed by atoms with Gasteiger partial charge in [0.2, 0.25) is 0 Å². The Morgan fingerprint density at radius 2 is 1.95 bits per heavy atom. The Morgan fingerprint density at radius 3 is 2.60 bits per heavy atom. The lowest BCUT2D eigenvalue weighted by atomic mass is 9.94. The molecule has 0 spiro atoms. The van der Waals surface area contributed by atoms with Crippen LogP contribution in [0.4, 0.5) is 0 Å². The number of rotatable bonds is 6. The van der Waals surface area contributed by atoms with Crippen molar-refractivity contribution in [3.05, 3.63) is 29.8 Å². The van der Waals surface area contributed by atoms with Gasteiger partial charge in [-0.15, -0.1) is 0 Å². The second-order valence-corrected chi connectivity index (χ2v) is 5.48. The van der Waals surface area contributed by atoms with Gasteiger partial charge < -0.3 is 4.74 Å². The van der Waals surface area contributed by atoms with Gasteiger partial charge in [-0.2, -0.15) is 0 Å². The summed E-state index contributed by atoms with van der Waals surface area (Å²) in [5, 5.41) is 0. The fraction of sp³-hybridized carbons (Fsp3) is 0.588. The summed E-state index contributed by atoms with van der Waals surface area (Å²) in [6, 6.07) is 8.08. The average molecular weight is 275 g/mol. The van der Waals surface area contributed by atoms with Crippen LogP contribution in [0.15, 0.2) is 24.3 Å². The highest BCUT2D eigenvalue weighted by atomic mass is 16.5. The minimum Gasteiger partial charge on any atom is -0.496 e. The number of ketones is 1. The molecule has 1 aliphatic carbocycles. The zero-order valence-electron chi connectivity index (χ0n) is 12.6. The van der Waals surface area contributed by atoms with Gasteiger partial charge in [0.05, 0.1) is 19.2 Å². The first kappa shape index (κ1) is 15.0. The van der Waals surface area contributed by atoms with Crippen LogP contribution in [0.1, 0.15) is 49.4 Å². The third kappa shape index (κ3) is 3.60. The van der Waals surface area contributed by atoms with Gasteiger partial charge in [0.15, 0.2) is 5.78 Å². The van der Waals surface area contributed by atoms with Crippen molar-refractivity contribution in [3.63, 3.8) is 0 Å². The molecular weight excluding hydrogens is 250 g/mol. The number of Topliss-reactive ketones (excluding diaryl/α,β-unsaturated/α-hetero) is 1. The molecule has 0 unspecified atom stereocenters. The number of hydrogen-bond donors (Lipinski definition) is 0. The zero-order chi connectivity index (χ0) is 14.4. The summed E-state index contributed by atoms with van der Waals surface area (Å²) in [7, 11) is 1.62. The molecule has 1 aromatic carbocycles. The monoisotopic (exact) mass is 275 g/mol. The summed E-state index contributed by atoms with van der Waals surface area (Å²) in [5.74, 6) is 0.840. The summed E-state index contributed by atoms with van der Waals surface area (Å²) in [6.45, 7) is 3.58. The molecule has 0 bridgehead atoms. The molecule has 1 fully saturated rings. The highest BCUT2D eigenvalue weighted by Gasteiger charge is 2.23. The maximum Gasteiger partial charge on any atom is 0.180 e. The largest absolute Gasteiger partial charge is 0.496 e. The van der Waals surface area contributed by atoms with E-state index in [2.05, 4.69) is 11.8 Å². The molecule has 0 N–H and O–H groups in total. The lowest BCUT2D eigenvalue weighted by Gasteiger charge is -2.33. The van der Waals surface area contributed by atoms with Crippen molar-refractivity contribution in [2.75, 3.05) is 20.2 Å². The van der Waals surface area contributed by atoms with Crippen molar-refractivity contribution in [1.29, 1.82) is 0 Å². The smallest absolute Gasteiger partial charge is 0.180 e. The second kappa shape index (κ2) is 7.44. The van der Waals surface area contributed by atoms with Crippen LogP contribution in [0.25, 0.3) is 0 Å². The number of likely N-dealkylation sites (N-methyl/N-ethyl adjacent to an activating group) is 1. The van der Waals surface area contributed by atoms with E-state index in [1.807, 2.05) is 24.3 Å². The molecule has 0 saturated heterocycles. The Morgan fingerprint density at radius 1 is 1.25 bits per heavy atom. The number of nitrogens with zero attached hydrogens (tertiary/aromatic N) is 1. The van der Waals surface area contributed by atoms with Crippen LogP contribution in [0.2, 0.25) is 0 Å². The number of benzene rings is 1. The Kier molecular flexibility index (Phi) is 5.60. The summed E-state index contributed by atoms with van der Waals surface area (Å²) in [6.07, 6.45) is 6.39. The van der Waals surface area contributed by atoms with Crippen molar-refractivity contribution < 1.29 is 9.53 Å². The number of carbonyl (C=O) groups is 1. The summed E-state index contributed by atoms with van der Waals surface area (Å²) in [4.78, 5) is 14.8. The van der Waals surface area contributed by atoms with E-state index in [4.69, 9.17) is 4.74 Å². The van der Waals surface area contributed by atoms with Crippen molar-refractivity contribution in [3.8, 4) is 5.75 Å². The molecule has 0 radical (unpaired) electrons. The molecule has 3 nitrogen and oxygen atoms in total. The van der Waals surface area contributed by atoms with Crippen LogP contribution in [-0.2, 0) is 0 Å². The lowest BCUT2D eigenvalue weighted by molar-refractivity contribution is 0.0865. The summed E-state index contributed by atoms with van der Waals surface area (Å²) >= 11 is 0. The zero-order valence-corrected chi connectivity index (χ0v) is 12.6. The molecule has 2 rings (SSSR count). The summed E-state index contributed by atoms with van der Waals surface area (Å²) < 4.78 is 5.29. The highest BCUT2D eigenvalue weighted by molar-refractivity contribution is 6.00. The standard InChI is InChI=1S/C17H25NO2/c1-3-18(14-9-5-4-6-10-14)13-16(19)15-11-7-8-12-17(15)20-2/h7-8,11-12,14H,3-6,9-10,13H2,1-2H3. The molecule has 0 amide bonds. The van der Waals surface area contributed by atoms with E-state index in [0.717, 1.165) is 6.54 Å². The average Bonchev–Trinajstić information content (AvgIpc) is 2.53. The molecule has 0 heterocycles. The van der Waals surface area contributed by atoms with E-state index >= 15 is 0 Å². The maximum absolute atomic E-state index is 12.5. The molecule has 0 atom stereocenters. The highest BCUT2D eigenvalue weighted by Crippen LogP contribution is 2.24. The number of methoxy groups -OCH3 is 1. The second-order valence-electron chi connectivity index (χ2n) is 5.48. The van der Waals surface area contributed by atoms with E-state index in [1.165, 1.54) is 32.1 Å². The topological polar surface area (TPSA) is 29.5 Å². The molecule has 110 valence electrons. The lowest BCUT2D eigenvalue weighted by Crippen LogP contribution is -2.40. The van der Waals surface area contributed by atoms with Crippen LogP contribution in [0, 0.1) is 0 Å². The Bertz CT molecular complexity index is 438. The fourth-order valence-electron chi connectivity index (χ4n) is 3.09. The molecule has 20 heavy (non-hydrogen) atoms. The predicted molar refractivity (Wildman–Crippen MR) is 81.4 cm³/mol. The van der Waals surface area contributed by atoms with E-state index < -0.39 is 0 Å². The normalized spacial score (nSPS) is 16.4. The van der Waals surface area contributed by atoms with Crippen LogP contribution < -0.4 is 4.74 Å². The molecule has 1 aromatic rings. The van der Waals surface area contributed by atoms with Crippen LogP contribution >= 0.6 is 0 Å². The van der Waals surface area contributed by atoms with Crippen molar-refractivity contribution in [2.45, 2.75) is 45.1 Å². The van der Waals surface area contributed by atoms with Crippen molar-refractivity contribution >= 4 is 5.78 Å². The minimum absolute atomic E-state index is 0.162. The van der Waals surface area contributed by atoms with Crippen LogP contribution in [0.5, 0.6) is 5.75 Å². The van der Waals surface area contributed by atoms with Gasteiger partial charge in [-0.3, -0.25) is 9.69 Å². The number of para-hydroxylation sites is 1. The molecule has 0 aromatic heterocycles. The number of ether oxygens (including phenoxy) is 1. The third-order valence-corrected chi connectivity index (χ3v) is 4.25. The Labute approximate surface area is 121 Å². The molecule has 1 saturated carbocycles. The maximum atomic E-state index is 12.5. The van der Waals surface area contributed by atoms with E-state index in [9.17, 15) is 4.79 Å². The van der Waals surface area contributed by atoms with E-state index in [-0.39, 0.29) is 5.78 Å². The van der Waals surface area contributed by atoms with Gasteiger partial charge >= 0.3 is 0 Å². The Balaban J connectivity index is 2.04. The van der Waals surface area contributed by atoms with Crippen LogP contribution in [-0.4, -0.2) is 36.9 Å². The third-order valence-electron chi connectivity index (χ3n) is 4.25. The van der Waals surface area contributed by atoms with E-state index in [0.29, 0.717) is 23.9 Å². The van der Waals surface area contributed by atoms with Crippen molar-refractivity contribution in [1.82, 2.24) is 4.90 Å². The Hall–Kier alpha value is -1.35. The minimum atomic E-state index is 0.162. The molecule has 3 heteroatoms. The van der Waals surface area contributed by atoms with E-state index in [1.54, 1.807) is 7.11 Å². The van der Waals surface area contributed by atoms with Gasteiger partial charge in [0, 0.05) is 6.04 Å². The first-order valence-electron chi connectivity index (χ1n) is 7.66. The van der Waals surface area contributed by atoms with Gasteiger partial charge in [0.1, 0.15) is 5.75 Å². The molecular formula is C17H25NO2. The van der Waals surface area contributed by atoms with Gasteiger partial charge in [-0.25, -0.2) is 0 Å². The van der Waals surface area contributed by atoms with Gasteiger partial charge in [0.25, 0.3) is 0 Å². The van der Waals surface area contributed by atoms with Gasteiger partial charge in [-0.05, 0) is 31.5 Å². The fourth-order valence-corrected chi connectivity index (χ4v) is 3.09. The SMILES string of the molecule is CCN(CC(=O)c1ccccc1OC)C1CCCCC1. The summed E-state index contributed by atoms with van der Waals surface area (Å²) in [5.41, 5.74) is 0.698. The number of hydrogen-bond acceptors (Lipinski definition) is 3. The number of carbonyl (C=O) groups excluding carboxylic acids is 1. The predicted octanol–water partition coefficient (Wildman–Crippen LogP) is 3.53. The van der Waals surface area contributed by atoms with Crippen LogP contribution in [0.3, 0.4) is 0 Å². The first-order chi connectivity index (χ1) is 9.76.